The van der Waals surface area contributed by atoms with Crippen LogP contribution in [0.2, 0.25) is 0 Å². The lowest BCUT2D eigenvalue weighted by Crippen LogP contribution is -2.34. The van der Waals surface area contributed by atoms with Gasteiger partial charge in [0.25, 0.3) is 0 Å². The fourth-order valence-electron chi connectivity index (χ4n) is 1.54. The van der Waals surface area contributed by atoms with Gasteiger partial charge in [-0.2, -0.15) is 0 Å². The minimum atomic E-state index is -1.88. The summed E-state index contributed by atoms with van der Waals surface area (Å²) in [6.07, 6.45) is -0.590. The summed E-state index contributed by atoms with van der Waals surface area (Å²) in [4.78, 5) is 0. The van der Waals surface area contributed by atoms with E-state index in [-0.39, 0.29) is 9.94 Å². The van der Waals surface area contributed by atoms with Gasteiger partial charge in [-0.15, -0.1) is 0 Å². The van der Waals surface area contributed by atoms with Gasteiger partial charge < -0.3 is 19.5 Å². The quantitative estimate of drug-likeness (QED) is 0.770. The molecule has 0 spiro atoms. The molecule has 0 aliphatic carbocycles. The van der Waals surface area contributed by atoms with Crippen LogP contribution in [0.3, 0.4) is 0 Å². The van der Waals surface area contributed by atoms with E-state index in [4.69, 9.17) is 19.5 Å². The van der Waals surface area contributed by atoms with Crippen molar-refractivity contribution < 1.29 is 23.9 Å². The highest BCUT2D eigenvalue weighted by Gasteiger charge is 2.27. The Morgan fingerprint density at radius 2 is 1.94 bits per heavy atom. The van der Waals surface area contributed by atoms with Gasteiger partial charge in [0, 0.05) is 15.5 Å². The molecule has 1 aliphatic heterocycles. The van der Waals surface area contributed by atoms with Gasteiger partial charge in [0.2, 0.25) is 0 Å². The summed E-state index contributed by atoms with van der Waals surface area (Å²) in [5.74, 6) is -0.691. The first-order valence-electron chi connectivity index (χ1n) is 4.68. The van der Waals surface area contributed by atoms with Crippen LogP contribution in [0.5, 0.6) is 0 Å². The second-order valence-corrected chi connectivity index (χ2v) is 4.10. The second kappa shape index (κ2) is 4.81. The van der Waals surface area contributed by atoms with Crippen molar-refractivity contribution in [1.82, 2.24) is 0 Å². The Hall–Kier alpha value is -0.465. The van der Waals surface area contributed by atoms with Crippen molar-refractivity contribution in [2.75, 3.05) is 13.2 Å². The Morgan fingerprint density at radius 1 is 1.31 bits per heavy atom. The Kier molecular flexibility index (Phi) is 3.61. The Balaban J connectivity index is 2.43. The molecule has 0 saturated carbocycles. The summed E-state index contributed by atoms with van der Waals surface area (Å²) < 4.78 is 24.1. The number of halogens is 2. The van der Waals surface area contributed by atoms with Crippen LogP contribution in [0.25, 0.3) is 0 Å². The summed E-state index contributed by atoms with van der Waals surface area (Å²) in [7, 11) is -1.88. The summed E-state index contributed by atoms with van der Waals surface area (Å²) in [6, 6.07) is 2.64. The molecule has 1 heterocycles. The first-order chi connectivity index (χ1) is 7.61. The molecule has 1 aliphatic rings. The van der Waals surface area contributed by atoms with E-state index < -0.39 is 19.2 Å². The van der Waals surface area contributed by atoms with E-state index >= 15 is 0 Å². The van der Waals surface area contributed by atoms with Crippen LogP contribution in [-0.4, -0.2) is 30.4 Å². The van der Waals surface area contributed by atoms with Crippen LogP contribution in [0.15, 0.2) is 16.6 Å². The molecule has 0 bridgehead atoms. The highest BCUT2D eigenvalue weighted by atomic mass is 79.9. The maximum atomic E-state index is 13.3. The highest BCUT2D eigenvalue weighted by molar-refractivity contribution is 9.10. The number of benzene rings is 1. The largest absolute Gasteiger partial charge is 0.492 e. The van der Waals surface area contributed by atoms with Crippen LogP contribution in [0, 0.1) is 5.82 Å². The molecule has 2 rings (SSSR count). The van der Waals surface area contributed by atoms with Gasteiger partial charge in [-0.25, -0.2) is 4.39 Å². The minimum Gasteiger partial charge on any atom is -0.423 e. The summed E-state index contributed by atoms with van der Waals surface area (Å²) in [5, 5.41) is 18.1. The topological polar surface area (TPSA) is 58.9 Å². The lowest BCUT2D eigenvalue weighted by Gasteiger charge is -2.14. The van der Waals surface area contributed by atoms with E-state index in [1.807, 2.05) is 0 Å². The molecule has 0 atom stereocenters. The third-order valence-electron chi connectivity index (χ3n) is 2.29. The van der Waals surface area contributed by atoms with E-state index in [1.165, 1.54) is 6.07 Å². The lowest BCUT2D eigenvalue weighted by molar-refractivity contribution is -0.0446. The van der Waals surface area contributed by atoms with E-state index in [1.54, 1.807) is 0 Å². The maximum absolute atomic E-state index is 13.3. The summed E-state index contributed by atoms with van der Waals surface area (Å²) in [5.41, 5.74) is 0.332. The monoisotopic (exact) mass is 290 g/mol. The zero-order valence-corrected chi connectivity index (χ0v) is 9.78. The van der Waals surface area contributed by atoms with Crippen molar-refractivity contribution in [2.24, 2.45) is 0 Å². The van der Waals surface area contributed by atoms with E-state index in [0.29, 0.717) is 18.8 Å². The molecule has 86 valence electrons. The van der Waals surface area contributed by atoms with Crippen LogP contribution in [-0.2, 0) is 9.47 Å². The molecular weight excluding hydrogens is 282 g/mol. The molecule has 0 aromatic heterocycles. The van der Waals surface area contributed by atoms with E-state index in [2.05, 4.69) is 15.9 Å². The number of hydrogen-bond donors (Lipinski definition) is 2. The van der Waals surface area contributed by atoms with Gasteiger partial charge in [0.05, 0.1) is 13.2 Å². The Labute approximate surface area is 100 Å². The Morgan fingerprint density at radius 3 is 2.50 bits per heavy atom. The molecule has 1 fully saturated rings. The van der Waals surface area contributed by atoms with Crippen molar-refractivity contribution in [3.05, 3.63) is 28.0 Å². The molecule has 1 aromatic rings. The minimum absolute atomic E-state index is 0.211. The van der Waals surface area contributed by atoms with Gasteiger partial charge in [-0.05, 0) is 12.1 Å². The molecular formula is C9H9BBrFO4. The van der Waals surface area contributed by atoms with Gasteiger partial charge >= 0.3 is 7.12 Å². The average molecular weight is 291 g/mol. The standard InChI is InChI=1S/C9H9BBrFO4/c11-8-5(9-15-3-4-16-9)1-2-6(12)7(8)10(13)14/h1-2,9,13-14H,3-4H2. The third-order valence-corrected chi connectivity index (χ3v) is 3.18. The van der Waals surface area contributed by atoms with Gasteiger partial charge in [0.15, 0.2) is 6.29 Å². The molecule has 1 saturated heterocycles. The zero-order chi connectivity index (χ0) is 11.7. The fraction of sp³-hybridized carbons (Fsp3) is 0.333. The first kappa shape index (κ1) is 12.0. The van der Waals surface area contributed by atoms with Crippen LogP contribution in [0.1, 0.15) is 11.9 Å². The number of rotatable bonds is 2. The summed E-state index contributed by atoms with van der Waals surface area (Å²) >= 11 is 3.12. The van der Waals surface area contributed by atoms with Crippen molar-refractivity contribution in [3.8, 4) is 0 Å². The van der Waals surface area contributed by atoms with Crippen molar-refractivity contribution >= 4 is 28.5 Å². The maximum Gasteiger partial charge on any atom is 0.492 e. The second-order valence-electron chi connectivity index (χ2n) is 3.31. The smallest absolute Gasteiger partial charge is 0.423 e. The van der Waals surface area contributed by atoms with Crippen LogP contribution < -0.4 is 5.46 Å². The van der Waals surface area contributed by atoms with Gasteiger partial charge in [0.1, 0.15) is 5.82 Å². The lowest BCUT2D eigenvalue weighted by atomic mass is 9.79. The molecule has 0 unspecified atom stereocenters. The predicted molar refractivity (Wildman–Crippen MR) is 58.6 cm³/mol. The SMILES string of the molecule is OB(O)c1c(F)ccc(C2OCCO2)c1Br. The van der Waals surface area contributed by atoms with Gasteiger partial charge in [-0.1, -0.05) is 15.9 Å². The van der Waals surface area contributed by atoms with Crippen molar-refractivity contribution in [1.29, 1.82) is 0 Å². The molecule has 0 amide bonds. The van der Waals surface area contributed by atoms with E-state index in [0.717, 1.165) is 6.07 Å². The molecule has 1 aromatic carbocycles. The van der Waals surface area contributed by atoms with Crippen molar-refractivity contribution in [3.63, 3.8) is 0 Å². The van der Waals surface area contributed by atoms with E-state index in [9.17, 15) is 4.39 Å². The molecule has 2 N–H and O–H groups in total. The third kappa shape index (κ3) is 2.14. The first-order valence-corrected chi connectivity index (χ1v) is 5.47. The zero-order valence-electron chi connectivity index (χ0n) is 8.19. The Bertz CT molecular complexity index is 395. The fourth-order valence-corrected chi connectivity index (χ4v) is 2.26. The molecule has 7 heteroatoms. The molecule has 16 heavy (non-hydrogen) atoms. The normalized spacial score (nSPS) is 16.8. The van der Waals surface area contributed by atoms with Crippen LogP contribution in [0.4, 0.5) is 4.39 Å². The van der Waals surface area contributed by atoms with Crippen molar-refractivity contribution in [2.45, 2.75) is 6.29 Å². The predicted octanol–water partition coefficient (Wildman–Crippen LogP) is 0.313. The van der Waals surface area contributed by atoms with Gasteiger partial charge in [-0.3, -0.25) is 0 Å². The average Bonchev–Trinajstić information content (AvgIpc) is 2.70. The number of hydrogen-bond acceptors (Lipinski definition) is 4. The molecule has 4 nitrogen and oxygen atoms in total. The highest BCUT2D eigenvalue weighted by Crippen LogP contribution is 2.29. The molecule has 0 radical (unpaired) electrons. The summed E-state index contributed by atoms with van der Waals surface area (Å²) in [6.45, 7) is 0.928. The number of ether oxygens (including phenoxy) is 2. The van der Waals surface area contributed by atoms with Crippen LogP contribution >= 0.6 is 15.9 Å².